The zero-order valence-corrected chi connectivity index (χ0v) is 12.1. The zero-order valence-electron chi connectivity index (χ0n) is 11.3. The Morgan fingerprint density at radius 2 is 2.10 bits per heavy atom. The monoisotopic (exact) mass is 299 g/mol. The molecule has 1 aromatic heterocycles. The normalized spacial score (nSPS) is 11.9. The van der Waals surface area contributed by atoms with Gasteiger partial charge in [0.15, 0.2) is 10.8 Å². The lowest BCUT2D eigenvalue weighted by atomic mass is 9.96. The minimum Gasteiger partial charge on any atom is -0.481 e. The molecular weight excluding hydrogens is 282 g/mol. The summed E-state index contributed by atoms with van der Waals surface area (Å²) in [4.78, 5) is 22.3. The maximum atomic E-state index is 11.7. The summed E-state index contributed by atoms with van der Waals surface area (Å²) in [6.45, 7) is 2.50. The van der Waals surface area contributed by atoms with Crippen LogP contribution in [-0.2, 0) is 4.79 Å². The van der Waals surface area contributed by atoms with Gasteiger partial charge in [-0.25, -0.2) is 0 Å². The van der Waals surface area contributed by atoms with Crippen LogP contribution in [0.15, 0.2) is 12.1 Å². The molecule has 110 valence electrons. The maximum absolute atomic E-state index is 11.7. The van der Waals surface area contributed by atoms with Crippen molar-refractivity contribution in [2.75, 3.05) is 6.54 Å². The highest BCUT2D eigenvalue weighted by atomic mass is 35.5. The summed E-state index contributed by atoms with van der Waals surface area (Å²) in [6.07, 6.45) is 2.43. The van der Waals surface area contributed by atoms with Crippen molar-refractivity contribution in [2.24, 2.45) is 5.92 Å². The predicted molar refractivity (Wildman–Crippen MR) is 74.6 cm³/mol. The van der Waals surface area contributed by atoms with Crippen LogP contribution >= 0.6 is 11.6 Å². The molecule has 2 N–H and O–H groups in total. The first-order chi connectivity index (χ1) is 9.52. The molecule has 0 aromatic carbocycles. The van der Waals surface area contributed by atoms with Crippen LogP contribution in [0.2, 0.25) is 5.15 Å². The van der Waals surface area contributed by atoms with Crippen molar-refractivity contribution in [2.45, 2.75) is 32.6 Å². The summed E-state index contributed by atoms with van der Waals surface area (Å²) in [5.41, 5.74) is 0.216. The number of hydrogen-bond donors (Lipinski definition) is 2. The van der Waals surface area contributed by atoms with E-state index in [9.17, 15) is 9.59 Å². The lowest BCUT2D eigenvalue weighted by molar-refractivity contribution is -0.137. The first-order valence-corrected chi connectivity index (χ1v) is 6.90. The number of carbonyl (C=O) groups is 2. The highest BCUT2D eigenvalue weighted by Crippen LogP contribution is 2.14. The molecule has 1 aromatic rings. The Kier molecular flexibility index (Phi) is 6.93. The third kappa shape index (κ3) is 5.97. The van der Waals surface area contributed by atoms with Gasteiger partial charge in [-0.2, -0.15) is 0 Å². The van der Waals surface area contributed by atoms with Gasteiger partial charge in [-0.15, -0.1) is 10.2 Å². The van der Waals surface area contributed by atoms with E-state index in [1.807, 2.05) is 6.92 Å². The summed E-state index contributed by atoms with van der Waals surface area (Å²) in [7, 11) is 0. The lowest BCUT2D eigenvalue weighted by Crippen LogP contribution is -2.27. The third-order valence-corrected chi connectivity index (χ3v) is 3.25. The fourth-order valence-corrected chi connectivity index (χ4v) is 1.90. The van der Waals surface area contributed by atoms with E-state index >= 15 is 0 Å². The molecule has 0 aliphatic heterocycles. The van der Waals surface area contributed by atoms with Crippen molar-refractivity contribution >= 4 is 23.5 Å². The van der Waals surface area contributed by atoms with Gasteiger partial charge in [0.05, 0.1) is 0 Å². The number of nitrogens with zero attached hydrogens (tertiary/aromatic N) is 2. The molecule has 7 heteroatoms. The van der Waals surface area contributed by atoms with E-state index in [0.29, 0.717) is 18.9 Å². The Morgan fingerprint density at radius 1 is 1.35 bits per heavy atom. The second-order valence-electron chi connectivity index (χ2n) is 4.49. The minimum atomic E-state index is -0.788. The number of aliphatic carboxylic acids is 1. The average molecular weight is 300 g/mol. The molecule has 0 radical (unpaired) electrons. The van der Waals surface area contributed by atoms with E-state index < -0.39 is 5.97 Å². The van der Waals surface area contributed by atoms with E-state index in [1.165, 1.54) is 12.1 Å². The van der Waals surface area contributed by atoms with Gasteiger partial charge in [0, 0.05) is 13.0 Å². The Labute approximate surface area is 122 Å². The highest BCUT2D eigenvalue weighted by molar-refractivity contribution is 6.29. The van der Waals surface area contributed by atoms with Gasteiger partial charge in [-0.3, -0.25) is 9.59 Å². The molecule has 1 heterocycles. The van der Waals surface area contributed by atoms with Gasteiger partial charge in [0.1, 0.15) is 0 Å². The SMILES string of the molecule is CCC(CCNC(=O)c1ccc(Cl)nn1)CCC(=O)O. The van der Waals surface area contributed by atoms with Crippen molar-refractivity contribution in [3.05, 3.63) is 23.0 Å². The molecule has 1 rings (SSSR count). The topological polar surface area (TPSA) is 92.2 Å². The second-order valence-corrected chi connectivity index (χ2v) is 4.88. The second kappa shape index (κ2) is 8.47. The number of amides is 1. The number of rotatable bonds is 8. The van der Waals surface area contributed by atoms with Gasteiger partial charge in [-0.05, 0) is 30.9 Å². The standard InChI is InChI=1S/C13H18ClN3O3/c1-2-9(3-6-12(18)19)7-8-15-13(20)10-4-5-11(14)17-16-10/h4-5,9H,2-3,6-8H2,1H3,(H,15,20)(H,18,19). The Balaban J connectivity index is 2.33. The summed E-state index contributed by atoms with van der Waals surface area (Å²) in [5, 5.41) is 18.9. The van der Waals surface area contributed by atoms with Gasteiger partial charge in [0.2, 0.25) is 0 Å². The molecule has 0 aliphatic carbocycles. The summed E-state index contributed by atoms with van der Waals surface area (Å²) in [6, 6.07) is 3.01. The largest absolute Gasteiger partial charge is 0.481 e. The van der Waals surface area contributed by atoms with Crippen LogP contribution in [0.5, 0.6) is 0 Å². The van der Waals surface area contributed by atoms with Crippen LogP contribution in [0.25, 0.3) is 0 Å². The molecule has 0 saturated carbocycles. The first kappa shape index (κ1) is 16.4. The smallest absolute Gasteiger partial charge is 0.303 e. The van der Waals surface area contributed by atoms with Crippen molar-refractivity contribution < 1.29 is 14.7 Å². The molecule has 0 spiro atoms. The number of aromatic nitrogens is 2. The van der Waals surface area contributed by atoms with Crippen LogP contribution in [0.1, 0.15) is 43.1 Å². The molecule has 0 aliphatic rings. The van der Waals surface area contributed by atoms with Crippen LogP contribution in [0.4, 0.5) is 0 Å². The molecule has 20 heavy (non-hydrogen) atoms. The van der Waals surface area contributed by atoms with Gasteiger partial charge < -0.3 is 10.4 Å². The Hall–Kier alpha value is -1.69. The number of carboxylic acids is 1. The molecule has 0 bridgehead atoms. The summed E-state index contributed by atoms with van der Waals surface area (Å²) < 4.78 is 0. The van der Waals surface area contributed by atoms with Crippen molar-refractivity contribution in [3.63, 3.8) is 0 Å². The van der Waals surface area contributed by atoms with E-state index in [2.05, 4.69) is 15.5 Å². The van der Waals surface area contributed by atoms with E-state index in [4.69, 9.17) is 16.7 Å². The maximum Gasteiger partial charge on any atom is 0.303 e. The number of carboxylic acid groups (broad SMARTS) is 1. The van der Waals surface area contributed by atoms with E-state index in [-0.39, 0.29) is 23.2 Å². The summed E-state index contributed by atoms with van der Waals surface area (Å²) in [5.74, 6) is -0.797. The van der Waals surface area contributed by atoms with Gasteiger partial charge in [0.25, 0.3) is 5.91 Å². The molecule has 0 fully saturated rings. The van der Waals surface area contributed by atoms with Crippen LogP contribution < -0.4 is 5.32 Å². The highest BCUT2D eigenvalue weighted by Gasteiger charge is 2.11. The fourth-order valence-electron chi connectivity index (χ4n) is 1.80. The zero-order chi connectivity index (χ0) is 15.0. The van der Waals surface area contributed by atoms with Crippen molar-refractivity contribution in [1.29, 1.82) is 0 Å². The van der Waals surface area contributed by atoms with Gasteiger partial charge >= 0.3 is 5.97 Å². The van der Waals surface area contributed by atoms with Crippen LogP contribution in [0, 0.1) is 5.92 Å². The fraction of sp³-hybridized carbons (Fsp3) is 0.538. The number of carbonyl (C=O) groups excluding carboxylic acids is 1. The minimum absolute atomic E-state index is 0.162. The molecule has 1 atom stereocenters. The number of hydrogen-bond acceptors (Lipinski definition) is 4. The molecule has 1 amide bonds. The molecular formula is C13H18ClN3O3. The van der Waals surface area contributed by atoms with E-state index in [1.54, 1.807) is 0 Å². The lowest BCUT2D eigenvalue weighted by Gasteiger charge is -2.13. The summed E-state index contributed by atoms with van der Waals surface area (Å²) >= 11 is 5.59. The molecule has 0 saturated heterocycles. The molecule has 1 unspecified atom stereocenters. The van der Waals surface area contributed by atoms with E-state index in [0.717, 1.165) is 12.8 Å². The first-order valence-electron chi connectivity index (χ1n) is 6.52. The quantitative estimate of drug-likeness (QED) is 0.767. The van der Waals surface area contributed by atoms with Crippen LogP contribution in [-0.4, -0.2) is 33.7 Å². The third-order valence-electron chi connectivity index (χ3n) is 3.05. The van der Waals surface area contributed by atoms with Crippen molar-refractivity contribution in [1.82, 2.24) is 15.5 Å². The average Bonchev–Trinajstić information content (AvgIpc) is 2.42. The number of nitrogens with one attached hydrogen (secondary N) is 1. The van der Waals surface area contributed by atoms with Crippen molar-refractivity contribution in [3.8, 4) is 0 Å². The molecule has 6 nitrogen and oxygen atoms in total. The Bertz CT molecular complexity index is 451. The van der Waals surface area contributed by atoms with Crippen LogP contribution in [0.3, 0.4) is 0 Å². The Morgan fingerprint density at radius 3 is 2.65 bits per heavy atom. The predicted octanol–water partition coefficient (Wildman–Crippen LogP) is 2.14. The van der Waals surface area contributed by atoms with Gasteiger partial charge in [-0.1, -0.05) is 24.9 Å². The number of halogens is 1.